The van der Waals surface area contributed by atoms with Gasteiger partial charge in [-0.15, -0.1) is 0 Å². The van der Waals surface area contributed by atoms with Crippen LogP contribution in [0, 0.1) is 11.8 Å². The molecule has 1 aromatic heterocycles. The van der Waals surface area contributed by atoms with E-state index in [1.165, 1.54) is 0 Å². The lowest BCUT2D eigenvalue weighted by molar-refractivity contribution is -0.126. The van der Waals surface area contributed by atoms with Crippen LogP contribution < -0.4 is 10.1 Å². The Bertz CT molecular complexity index is 929. The second-order valence-electron chi connectivity index (χ2n) is 8.80. The van der Waals surface area contributed by atoms with Crippen molar-refractivity contribution in [2.24, 2.45) is 11.8 Å². The van der Waals surface area contributed by atoms with Gasteiger partial charge in [-0.3, -0.25) is 14.5 Å². The number of carbonyl (C=O) groups excluding carboxylic acids is 2. The average Bonchev–Trinajstić information content (AvgIpc) is 3.27. The number of nitrogens with zero attached hydrogens (tertiary/aromatic N) is 2. The monoisotopic (exact) mass is 442 g/mol. The molecule has 2 aliphatic rings. The van der Waals surface area contributed by atoms with Crippen molar-refractivity contribution < 1.29 is 19.1 Å². The Balaban J connectivity index is 1.24. The summed E-state index contributed by atoms with van der Waals surface area (Å²) in [5.74, 6) is 1.15. The van der Waals surface area contributed by atoms with E-state index < -0.39 is 0 Å². The van der Waals surface area contributed by atoms with Crippen molar-refractivity contribution in [3.05, 3.63) is 30.0 Å². The van der Waals surface area contributed by atoms with Crippen LogP contribution in [-0.2, 0) is 9.53 Å². The highest BCUT2D eigenvalue weighted by Crippen LogP contribution is 2.27. The Morgan fingerprint density at radius 3 is 2.66 bits per heavy atom. The number of ether oxygens (including phenoxy) is 2. The summed E-state index contributed by atoms with van der Waals surface area (Å²) in [5.41, 5.74) is 1.49. The number of morpholine rings is 1. The van der Waals surface area contributed by atoms with Crippen LogP contribution in [0.3, 0.4) is 0 Å². The highest BCUT2D eigenvalue weighted by molar-refractivity contribution is 5.98. The molecule has 2 aliphatic heterocycles. The number of amides is 2. The SMILES string of the molecule is COc1ccc2cc(C(=O)N3CCC(C(C)C(=O)NCCN4CCOCC4)CC3)[nH]c2c1. The van der Waals surface area contributed by atoms with Crippen LogP contribution in [0.25, 0.3) is 10.9 Å². The van der Waals surface area contributed by atoms with Crippen molar-refractivity contribution in [1.82, 2.24) is 20.1 Å². The molecule has 2 fully saturated rings. The number of likely N-dealkylation sites (tertiary alicyclic amines) is 1. The summed E-state index contributed by atoms with van der Waals surface area (Å²) in [6, 6.07) is 7.64. The quantitative estimate of drug-likeness (QED) is 0.686. The zero-order chi connectivity index (χ0) is 22.5. The summed E-state index contributed by atoms with van der Waals surface area (Å²) in [6.45, 7) is 8.31. The summed E-state index contributed by atoms with van der Waals surface area (Å²) in [5, 5.41) is 4.09. The van der Waals surface area contributed by atoms with E-state index in [0.717, 1.165) is 62.3 Å². The number of carbonyl (C=O) groups is 2. The van der Waals surface area contributed by atoms with Gasteiger partial charge in [0.25, 0.3) is 5.91 Å². The van der Waals surface area contributed by atoms with Gasteiger partial charge in [-0.1, -0.05) is 6.92 Å². The summed E-state index contributed by atoms with van der Waals surface area (Å²) in [6.07, 6.45) is 1.69. The second-order valence-corrected chi connectivity index (χ2v) is 8.80. The number of rotatable bonds is 7. The van der Waals surface area contributed by atoms with Crippen molar-refractivity contribution >= 4 is 22.7 Å². The third-order valence-corrected chi connectivity index (χ3v) is 6.84. The normalized spacial score (nSPS) is 19.1. The molecule has 1 aromatic carbocycles. The maximum Gasteiger partial charge on any atom is 0.270 e. The van der Waals surface area contributed by atoms with E-state index in [2.05, 4.69) is 15.2 Å². The topological polar surface area (TPSA) is 86.9 Å². The maximum absolute atomic E-state index is 13.0. The van der Waals surface area contributed by atoms with E-state index in [4.69, 9.17) is 9.47 Å². The highest BCUT2D eigenvalue weighted by Gasteiger charge is 2.30. The number of H-pyrrole nitrogens is 1. The highest BCUT2D eigenvalue weighted by atomic mass is 16.5. The Morgan fingerprint density at radius 1 is 1.19 bits per heavy atom. The molecule has 3 heterocycles. The zero-order valence-electron chi connectivity index (χ0n) is 19.1. The molecule has 0 saturated carbocycles. The van der Waals surface area contributed by atoms with Crippen LogP contribution >= 0.6 is 0 Å². The van der Waals surface area contributed by atoms with Gasteiger partial charge < -0.3 is 24.7 Å². The zero-order valence-corrected chi connectivity index (χ0v) is 19.1. The molecule has 174 valence electrons. The summed E-state index contributed by atoms with van der Waals surface area (Å²) in [7, 11) is 1.63. The fourth-order valence-electron chi connectivity index (χ4n) is 4.66. The maximum atomic E-state index is 13.0. The molecule has 32 heavy (non-hydrogen) atoms. The number of aromatic nitrogens is 1. The molecule has 1 unspecified atom stereocenters. The first-order chi connectivity index (χ1) is 15.5. The minimum Gasteiger partial charge on any atom is -0.497 e. The molecule has 2 N–H and O–H groups in total. The summed E-state index contributed by atoms with van der Waals surface area (Å²) < 4.78 is 10.6. The predicted octanol–water partition coefficient (Wildman–Crippen LogP) is 2.11. The Morgan fingerprint density at radius 2 is 1.94 bits per heavy atom. The van der Waals surface area contributed by atoms with Crippen LogP contribution in [0.4, 0.5) is 0 Å². The number of nitrogens with one attached hydrogen (secondary N) is 2. The van der Waals surface area contributed by atoms with Crippen LogP contribution in [0.5, 0.6) is 5.75 Å². The van der Waals surface area contributed by atoms with Crippen molar-refractivity contribution in [3.63, 3.8) is 0 Å². The first-order valence-corrected chi connectivity index (χ1v) is 11.6. The van der Waals surface area contributed by atoms with E-state index in [1.807, 2.05) is 36.1 Å². The van der Waals surface area contributed by atoms with E-state index in [1.54, 1.807) is 7.11 Å². The van der Waals surface area contributed by atoms with E-state index >= 15 is 0 Å². The first kappa shape index (κ1) is 22.6. The number of methoxy groups -OCH3 is 1. The lowest BCUT2D eigenvalue weighted by Crippen LogP contribution is -2.45. The molecule has 1 atom stereocenters. The minimum atomic E-state index is -0.0440. The van der Waals surface area contributed by atoms with Gasteiger partial charge in [-0.05, 0) is 37.0 Å². The molecule has 4 rings (SSSR count). The van der Waals surface area contributed by atoms with Crippen molar-refractivity contribution in [2.75, 3.05) is 59.6 Å². The van der Waals surface area contributed by atoms with Gasteiger partial charge in [0.15, 0.2) is 0 Å². The van der Waals surface area contributed by atoms with Crippen LogP contribution in [0.15, 0.2) is 24.3 Å². The van der Waals surface area contributed by atoms with Gasteiger partial charge in [0, 0.05) is 62.2 Å². The number of hydrogen-bond donors (Lipinski definition) is 2. The van der Waals surface area contributed by atoms with Gasteiger partial charge in [-0.25, -0.2) is 0 Å². The molecule has 0 aliphatic carbocycles. The van der Waals surface area contributed by atoms with Crippen LogP contribution in [0.1, 0.15) is 30.3 Å². The Hall–Kier alpha value is -2.58. The van der Waals surface area contributed by atoms with E-state index in [9.17, 15) is 9.59 Å². The Labute approximate surface area is 189 Å². The summed E-state index contributed by atoms with van der Waals surface area (Å²) in [4.78, 5) is 33.1. The third kappa shape index (κ3) is 5.24. The summed E-state index contributed by atoms with van der Waals surface area (Å²) >= 11 is 0. The number of fused-ring (bicyclic) bond motifs is 1. The van der Waals surface area contributed by atoms with Crippen LogP contribution in [-0.4, -0.2) is 86.2 Å². The van der Waals surface area contributed by atoms with E-state index in [0.29, 0.717) is 31.2 Å². The number of benzene rings is 1. The average molecular weight is 443 g/mol. The molecule has 2 saturated heterocycles. The lowest BCUT2D eigenvalue weighted by Gasteiger charge is -2.34. The van der Waals surface area contributed by atoms with Crippen molar-refractivity contribution in [1.29, 1.82) is 0 Å². The molecule has 2 aromatic rings. The molecule has 0 spiro atoms. The number of piperidine rings is 1. The van der Waals surface area contributed by atoms with Crippen molar-refractivity contribution in [2.45, 2.75) is 19.8 Å². The fourth-order valence-corrected chi connectivity index (χ4v) is 4.66. The molecule has 0 radical (unpaired) electrons. The van der Waals surface area contributed by atoms with Gasteiger partial charge in [-0.2, -0.15) is 0 Å². The predicted molar refractivity (Wildman–Crippen MR) is 123 cm³/mol. The van der Waals surface area contributed by atoms with Crippen LogP contribution in [0.2, 0.25) is 0 Å². The molecule has 0 bridgehead atoms. The number of aromatic amines is 1. The minimum absolute atomic E-state index is 0.0150. The van der Waals surface area contributed by atoms with Gasteiger partial charge >= 0.3 is 0 Å². The molecule has 2 amide bonds. The second kappa shape index (κ2) is 10.4. The van der Waals surface area contributed by atoms with E-state index in [-0.39, 0.29) is 17.7 Å². The molecular formula is C24H34N4O4. The standard InChI is InChI=1S/C24H34N4O4/c1-17(23(29)25-7-10-27-11-13-32-14-12-27)18-5-8-28(9-6-18)24(30)22-15-19-3-4-20(31-2)16-21(19)26-22/h3-4,15-18,26H,5-14H2,1-2H3,(H,25,29). The van der Waals surface area contributed by atoms with Gasteiger partial charge in [0.1, 0.15) is 11.4 Å². The van der Waals surface area contributed by atoms with Gasteiger partial charge in [0.2, 0.25) is 5.91 Å². The van der Waals surface area contributed by atoms with Gasteiger partial charge in [0.05, 0.1) is 20.3 Å². The Kier molecular flexibility index (Phi) is 7.32. The molecular weight excluding hydrogens is 408 g/mol. The largest absolute Gasteiger partial charge is 0.497 e. The molecule has 8 heteroatoms. The smallest absolute Gasteiger partial charge is 0.270 e. The lowest BCUT2D eigenvalue weighted by atomic mass is 9.84. The molecule has 8 nitrogen and oxygen atoms in total. The van der Waals surface area contributed by atoms with Crippen molar-refractivity contribution in [3.8, 4) is 5.75 Å². The third-order valence-electron chi connectivity index (χ3n) is 6.84. The first-order valence-electron chi connectivity index (χ1n) is 11.6. The fraction of sp³-hybridized carbons (Fsp3) is 0.583. The number of hydrogen-bond acceptors (Lipinski definition) is 5.